The number of amides is 2. The second kappa shape index (κ2) is 7.31. The van der Waals surface area contributed by atoms with Gasteiger partial charge < -0.3 is 15.6 Å². The largest absolute Gasteiger partial charge is 0.368 e. The van der Waals surface area contributed by atoms with Crippen LogP contribution in [-0.2, 0) is 4.79 Å². The van der Waals surface area contributed by atoms with Gasteiger partial charge >= 0.3 is 0 Å². The molecular weight excluding hydrogens is 386 g/mol. The van der Waals surface area contributed by atoms with Crippen molar-refractivity contribution in [1.82, 2.24) is 10.5 Å². The lowest BCUT2D eigenvalue weighted by molar-refractivity contribution is -0.120. The van der Waals surface area contributed by atoms with E-state index >= 15 is 0 Å². The number of carbonyl (C=O) groups excluding carboxylic acids is 2. The Balaban J connectivity index is 1.81. The third-order valence-electron chi connectivity index (χ3n) is 3.54. The highest BCUT2D eigenvalue weighted by Crippen LogP contribution is 2.21. The Morgan fingerprint density at radius 3 is 2.52 bits per heavy atom. The van der Waals surface area contributed by atoms with Gasteiger partial charge in [-0.3, -0.25) is 9.59 Å². The molecule has 0 radical (unpaired) electrons. The van der Waals surface area contributed by atoms with Crippen LogP contribution >= 0.6 is 15.9 Å². The van der Waals surface area contributed by atoms with Crippen LogP contribution in [0.2, 0.25) is 0 Å². The Bertz CT molecular complexity index is 909. The second-order valence-electron chi connectivity index (χ2n) is 5.31. The minimum Gasteiger partial charge on any atom is -0.368 e. The Morgan fingerprint density at radius 1 is 1.08 bits per heavy atom. The normalized spacial score (nSPS) is 11.7. The van der Waals surface area contributed by atoms with Gasteiger partial charge in [0.15, 0.2) is 11.5 Å². The lowest BCUT2D eigenvalue weighted by atomic mass is 10.1. The van der Waals surface area contributed by atoms with Gasteiger partial charge in [-0.25, -0.2) is 0 Å². The van der Waals surface area contributed by atoms with Crippen molar-refractivity contribution in [2.75, 3.05) is 0 Å². The predicted molar refractivity (Wildman–Crippen MR) is 95.5 cm³/mol. The molecule has 3 rings (SSSR count). The smallest absolute Gasteiger partial charge is 0.274 e. The summed E-state index contributed by atoms with van der Waals surface area (Å²) in [6.45, 7) is 0. The van der Waals surface area contributed by atoms with Crippen LogP contribution in [0.5, 0.6) is 0 Å². The molecule has 2 aromatic carbocycles. The van der Waals surface area contributed by atoms with Crippen LogP contribution in [0.25, 0.3) is 11.3 Å². The molecule has 0 saturated heterocycles. The summed E-state index contributed by atoms with van der Waals surface area (Å²) in [4.78, 5) is 24.2. The molecule has 1 aromatic heterocycles. The summed E-state index contributed by atoms with van der Waals surface area (Å²) in [5, 5.41) is 6.35. The first-order chi connectivity index (χ1) is 12.0. The van der Waals surface area contributed by atoms with Crippen LogP contribution in [0.4, 0.5) is 0 Å². The Kier molecular flexibility index (Phi) is 4.95. The summed E-state index contributed by atoms with van der Waals surface area (Å²) in [5.74, 6) is -0.753. The Morgan fingerprint density at radius 2 is 1.84 bits per heavy atom. The number of nitrogens with one attached hydrogen (secondary N) is 1. The number of aromatic nitrogens is 1. The first kappa shape index (κ1) is 16.9. The molecule has 3 aromatic rings. The lowest BCUT2D eigenvalue weighted by Gasteiger charge is -2.15. The molecule has 0 bridgehead atoms. The zero-order chi connectivity index (χ0) is 17.8. The van der Waals surface area contributed by atoms with Crippen LogP contribution in [0.1, 0.15) is 22.1 Å². The zero-order valence-electron chi connectivity index (χ0n) is 13.0. The number of hydrogen-bond acceptors (Lipinski definition) is 4. The maximum Gasteiger partial charge on any atom is 0.274 e. The first-order valence-electron chi connectivity index (χ1n) is 7.42. The molecule has 1 atom stereocenters. The van der Waals surface area contributed by atoms with Crippen LogP contribution in [0.3, 0.4) is 0 Å². The highest BCUT2D eigenvalue weighted by molar-refractivity contribution is 9.10. The van der Waals surface area contributed by atoms with Crippen molar-refractivity contribution in [2.45, 2.75) is 6.04 Å². The summed E-state index contributed by atoms with van der Waals surface area (Å²) in [7, 11) is 0. The molecule has 2 amide bonds. The summed E-state index contributed by atoms with van der Waals surface area (Å²) < 4.78 is 5.98. The van der Waals surface area contributed by atoms with Crippen molar-refractivity contribution in [3.8, 4) is 11.3 Å². The van der Waals surface area contributed by atoms with E-state index in [1.807, 2.05) is 36.4 Å². The van der Waals surface area contributed by atoms with E-state index in [0.717, 1.165) is 10.0 Å². The number of carbonyl (C=O) groups is 2. The molecule has 0 spiro atoms. The molecule has 126 valence electrons. The van der Waals surface area contributed by atoms with E-state index in [0.29, 0.717) is 11.3 Å². The topological polar surface area (TPSA) is 98.2 Å². The van der Waals surface area contributed by atoms with Gasteiger partial charge in [-0.05, 0) is 17.7 Å². The fourth-order valence-corrected chi connectivity index (χ4v) is 2.75. The van der Waals surface area contributed by atoms with E-state index < -0.39 is 17.9 Å². The molecule has 0 saturated carbocycles. The molecule has 0 aliphatic heterocycles. The van der Waals surface area contributed by atoms with Gasteiger partial charge in [0.1, 0.15) is 6.04 Å². The van der Waals surface area contributed by atoms with E-state index in [4.69, 9.17) is 10.3 Å². The molecule has 0 fully saturated rings. The summed E-state index contributed by atoms with van der Waals surface area (Å²) in [6, 6.07) is 16.8. The quantitative estimate of drug-likeness (QED) is 0.688. The molecule has 3 N–H and O–H groups in total. The standard InChI is InChI=1S/C18H14BrN3O3/c19-13-8-4-7-12(9-13)16(17(20)23)21-18(24)14-10-15(25-22-14)11-5-2-1-3-6-11/h1-10,16H,(H2,20,23)(H,21,24)/t16-/m0/s1. The third kappa shape index (κ3) is 3.95. The van der Waals surface area contributed by atoms with Gasteiger partial charge in [-0.1, -0.05) is 63.6 Å². The van der Waals surface area contributed by atoms with Crippen molar-refractivity contribution in [2.24, 2.45) is 5.73 Å². The van der Waals surface area contributed by atoms with Crippen molar-refractivity contribution in [1.29, 1.82) is 0 Å². The van der Waals surface area contributed by atoms with E-state index in [1.54, 1.807) is 18.2 Å². The number of halogens is 1. The fraction of sp³-hybridized carbons (Fsp3) is 0.0556. The molecule has 1 heterocycles. The van der Waals surface area contributed by atoms with E-state index in [1.165, 1.54) is 6.07 Å². The highest BCUT2D eigenvalue weighted by Gasteiger charge is 2.23. The maximum atomic E-state index is 12.4. The number of rotatable bonds is 5. The van der Waals surface area contributed by atoms with Gasteiger partial charge in [0.05, 0.1) is 0 Å². The number of nitrogens with zero attached hydrogens (tertiary/aromatic N) is 1. The SMILES string of the molecule is NC(=O)[C@@H](NC(=O)c1cc(-c2ccccc2)on1)c1cccc(Br)c1. The van der Waals surface area contributed by atoms with Crippen LogP contribution in [0.15, 0.2) is 69.7 Å². The average molecular weight is 400 g/mol. The lowest BCUT2D eigenvalue weighted by Crippen LogP contribution is -2.37. The first-order valence-corrected chi connectivity index (χ1v) is 8.21. The summed E-state index contributed by atoms with van der Waals surface area (Å²) in [5.41, 5.74) is 6.87. The number of nitrogens with two attached hydrogens (primary N) is 1. The predicted octanol–water partition coefficient (Wildman–Crippen LogP) is 3.06. The minimum atomic E-state index is -0.970. The van der Waals surface area contributed by atoms with Crippen molar-refractivity contribution < 1.29 is 14.1 Å². The monoisotopic (exact) mass is 399 g/mol. The maximum absolute atomic E-state index is 12.4. The van der Waals surface area contributed by atoms with Crippen molar-refractivity contribution in [3.63, 3.8) is 0 Å². The van der Waals surface area contributed by atoms with Crippen molar-refractivity contribution >= 4 is 27.7 Å². The second-order valence-corrected chi connectivity index (χ2v) is 6.22. The van der Waals surface area contributed by atoms with Gasteiger partial charge in [-0.15, -0.1) is 0 Å². The Labute approximate surface area is 152 Å². The average Bonchev–Trinajstić information content (AvgIpc) is 3.10. The molecule has 6 nitrogen and oxygen atoms in total. The number of hydrogen-bond donors (Lipinski definition) is 2. The molecule has 0 unspecified atom stereocenters. The molecule has 7 heteroatoms. The van der Waals surface area contributed by atoms with Crippen molar-refractivity contribution in [3.05, 3.63) is 76.4 Å². The number of primary amides is 1. The molecule has 0 aliphatic carbocycles. The third-order valence-corrected chi connectivity index (χ3v) is 4.04. The van der Waals surface area contributed by atoms with E-state index in [2.05, 4.69) is 26.4 Å². The molecule has 25 heavy (non-hydrogen) atoms. The van der Waals surface area contributed by atoms with E-state index in [9.17, 15) is 9.59 Å². The summed E-state index contributed by atoms with van der Waals surface area (Å²) >= 11 is 3.33. The molecular formula is C18H14BrN3O3. The van der Waals surface area contributed by atoms with Gasteiger partial charge in [0.25, 0.3) is 5.91 Å². The fourth-order valence-electron chi connectivity index (χ4n) is 2.33. The van der Waals surface area contributed by atoms with Crippen LogP contribution in [-0.4, -0.2) is 17.0 Å². The van der Waals surface area contributed by atoms with Crippen LogP contribution < -0.4 is 11.1 Å². The van der Waals surface area contributed by atoms with E-state index in [-0.39, 0.29) is 5.69 Å². The van der Waals surface area contributed by atoms with Gasteiger partial charge in [0.2, 0.25) is 5.91 Å². The summed E-state index contributed by atoms with van der Waals surface area (Å²) in [6.07, 6.45) is 0. The van der Waals surface area contributed by atoms with Gasteiger partial charge in [0, 0.05) is 16.1 Å². The minimum absolute atomic E-state index is 0.0695. The Hall–Kier alpha value is -2.93. The zero-order valence-corrected chi connectivity index (χ0v) is 14.6. The van der Waals surface area contributed by atoms with Crippen LogP contribution in [0, 0.1) is 0 Å². The van der Waals surface area contributed by atoms with Gasteiger partial charge in [-0.2, -0.15) is 0 Å². The number of benzene rings is 2. The highest BCUT2D eigenvalue weighted by atomic mass is 79.9. The molecule has 0 aliphatic rings.